The van der Waals surface area contributed by atoms with Crippen LogP contribution < -0.4 is 5.73 Å². The Kier molecular flexibility index (Phi) is 2.50. The molecule has 0 aliphatic carbocycles. The molecule has 0 fully saturated rings. The molecule has 0 radical (unpaired) electrons. The maximum Gasteiger partial charge on any atom is 0.0955 e. The largest absolute Gasteiger partial charge is 0.330 e. The highest BCUT2D eigenvalue weighted by Crippen LogP contribution is 2.17. The molecule has 0 saturated heterocycles. The van der Waals surface area contributed by atoms with E-state index in [0.29, 0.717) is 6.54 Å². The Bertz CT molecular complexity index is 431. The van der Waals surface area contributed by atoms with Crippen LogP contribution in [-0.2, 0) is 13.0 Å². The van der Waals surface area contributed by atoms with Gasteiger partial charge >= 0.3 is 0 Å². The highest BCUT2D eigenvalue weighted by Gasteiger charge is 2.03. The zero-order valence-electron chi connectivity index (χ0n) is 8.40. The van der Waals surface area contributed by atoms with Crippen molar-refractivity contribution in [3.8, 4) is 0 Å². The predicted octanol–water partition coefficient (Wildman–Crippen LogP) is 1.56. The van der Waals surface area contributed by atoms with Crippen LogP contribution in [0.4, 0.5) is 0 Å². The first-order valence-corrected chi connectivity index (χ1v) is 5.00. The maximum atomic E-state index is 5.56. The molecule has 0 aliphatic heterocycles. The van der Waals surface area contributed by atoms with Crippen LogP contribution in [0, 0.1) is 0 Å². The smallest absolute Gasteiger partial charge is 0.0955 e. The van der Waals surface area contributed by atoms with Gasteiger partial charge in [-0.1, -0.05) is 18.2 Å². The molecule has 74 valence electrons. The molecule has 1 aromatic carbocycles. The summed E-state index contributed by atoms with van der Waals surface area (Å²) < 4.78 is 1.96. The van der Waals surface area contributed by atoms with Crippen molar-refractivity contribution in [2.24, 2.45) is 5.73 Å². The Morgan fingerprint density at radius 2 is 2.29 bits per heavy atom. The van der Waals surface area contributed by atoms with Gasteiger partial charge in [0.05, 0.1) is 5.52 Å². The third kappa shape index (κ3) is 1.51. The average Bonchev–Trinajstić information content (AvgIpc) is 2.62. The fraction of sp³-hybridized carbons (Fsp3) is 0.364. The molecule has 3 nitrogen and oxygen atoms in total. The van der Waals surface area contributed by atoms with Crippen LogP contribution >= 0.6 is 0 Å². The summed E-state index contributed by atoms with van der Waals surface area (Å²) in [6.07, 6.45) is 2.98. The second-order valence-electron chi connectivity index (χ2n) is 3.38. The minimum Gasteiger partial charge on any atom is -0.330 e. The molecule has 0 bridgehead atoms. The molecule has 14 heavy (non-hydrogen) atoms. The van der Waals surface area contributed by atoms with Crippen LogP contribution in [0.3, 0.4) is 0 Å². The van der Waals surface area contributed by atoms with Crippen LogP contribution in [-0.4, -0.2) is 16.3 Å². The predicted molar refractivity (Wildman–Crippen MR) is 58.2 cm³/mol. The summed E-state index contributed by atoms with van der Waals surface area (Å²) in [5.74, 6) is 0. The summed E-state index contributed by atoms with van der Waals surface area (Å²) >= 11 is 0. The second-order valence-corrected chi connectivity index (χ2v) is 3.38. The molecule has 0 saturated carbocycles. The van der Waals surface area contributed by atoms with Crippen LogP contribution in [0.15, 0.2) is 24.4 Å². The van der Waals surface area contributed by atoms with Gasteiger partial charge in [0.2, 0.25) is 0 Å². The Morgan fingerprint density at radius 1 is 1.43 bits per heavy atom. The van der Waals surface area contributed by atoms with Crippen LogP contribution in [0.1, 0.15) is 12.5 Å². The molecule has 3 heteroatoms. The fourth-order valence-electron chi connectivity index (χ4n) is 1.67. The summed E-state index contributed by atoms with van der Waals surface area (Å²) in [4.78, 5) is 0. The molecule has 0 aliphatic rings. The lowest BCUT2D eigenvalue weighted by atomic mass is 10.1. The standard InChI is InChI=1S/C11H15N3/c1-2-14-8-10-5-3-4-9(6-7-12)11(10)13-14/h3-5,8H,2,6-7,12H2,1H3. The Labute approximate surface area is 83.5 Å². The van der Waals surface area contributed by atoms with E-state index in [1.807, 2.05) is 4.68 Å². The van der Waals surface area contributed by atoms with Gasteiger partial charge in [0, 0.05) is 18.1 Å². The molecule has 0 spiro atoms. The van der Waals surface area contributed by atoms with E-state index in [1.54, 1.807) is 0 Å². The van der Waals surface area contributed by atoms with Gasteiger partial charge in [-0.3, -0.25) is 4.68 Å². The van der Waals surface area contributed by atoms with Crippen LogP contribution in [0.5, 0.6) is 0 Å². The molecule has 0 amide bonds. The molecular formula is C11H15N3. The number of hydrogen-bond acceptors (Lipinski definition) is 2. The highest BCUT2D eigenvalue weighted by atomic mass is 15.3. The van der Waals surface area contributed by atoms with Gasteiger partial charge in [0.15, 0.2) is 0 Å². The van der Waals surface area contributed by atoms with Crippen LogP contribution in [0.2, 0.25) is 0 Å². The molecule has 1 heterocycles. The van der Waals surface area contributed by atoms with Crippen molar-refractivity contribution in [2.75, 3.05) is 6.54 Å². The normalized spacial score (nSPS) is 11.0. The van der Waals surface area contributed by atoms with Gasteiger partial charge in [-0.05, 0) is 25.5 Å². The molecule has 1 aromatic heterocycles. The first-order valence-electron chi connectivity index (χ1n) is 5.00. The SMILES string of the molecule is CCn1cc2cccc(CCN)c2n1. The van der Waals surface area contributed by atoms with Crippen molar-refractivity contribution in [1.82, 2.24) is 9.78 Å². The lowest BCUT2D eigenvalue weighted by molar-refractivity contribution is 0.667. The van der Waals surface area contributed by atoms with Crippen LogP contribution in [0.25, 0.3) is 10.9 Å². The second kappa shape index (κ2) is 3.80. The zero-order chi connectivity index (χ0) is 9.97. The number of nitrogens with two attached hydrogens (primary N) is 1. The van der Waals surface area contributed by atoms with E-state index < -0.39 is 0 Å². The number of nitrogens with zero attached hydrogens (tertiary/aromatic N) is 2. The van der Waals surface area contributed by atoms with E-state index in [1.165, 1.54) is 10.9 Å². The van der Waals surface area contributed by atoms with Crippen molar-refractivity contribution < 1.29 is 0 Å². The number of benzene rings is 1. The number of fused-ring (bicyclic) bond motifs is 1. The summed E-state index contributed by atoms with van der Waals surface area (Å²) in [7, 11) is 0. The molecule has 2 rings (SSSR count). The van der Waals surface area contributed by atoms with E-state index in [2.05, 4.69) is 36.4 Å². The van der Waals surface area contributed by atoms with E-state index >= 15 is 0 Å². The molecule has 2 N–H and O–H groups in total. The van der Waals surface area contributed by atoms with Crippen molar-refractivity contribution >= 4 is 10.9 Å². The Hall–Kier alpha value is -1.35. The minimum atomic E-state index is 0.679. The van der Waals surface area contributed by atoms with Gasteiger partial charge < -0.3 is 5.73 Å². The minimum absolute atomic E-state index is 0.679. The number of aromatic nitrogens is 2. The number of hydrogen-bond donors (Lipinski definition) is 1. The Balaban J connectivity index is 2.55. The quantitative estimate of drug-likeness (QED) is 0.796. The summed E-state index contributed by atoms with van der Waals surface area (Å²) in [6.45, 7) is 3.68. The number of aryl methyl sites for hydroxylation is 1. The first kappa shape index (κ1) is 9.21. The van der Waals surface area contributed by atoms with Crippen molar-refractivity contribution in [2.45, 2.75) is 19.9 Å². The summed E-state index contributed by atoms with van der Waals surface area (Å²) in [6, 6.07) is 6.26. The molecule has 2 aromatic rings. The fourth-order valence-corrected chi connectivity index (χ4v) is 1.67. The van der Waals surface area contributed by atoms with Crippen molar-refractivity contribution in [3.63, 3.8) is 0 Å². The number of rotatable bonds is 3. The van der Waals surface area contributed by atoms with Gasteiger partial charge in [0.25, 0.3) is 0 Å². The lowest BCUT2D eigenvalue weighted by Crippen LogP contribution is -2.03. The van der Waals surface area contributed by atoms with E-state index in [4.69, 9.17) is 5.73 Å². The van der Waals surface area contributed by atoms with Crippen molar-refractivity contribution in [1.29, 1.82) is 0 Å². The lowest BCUT2D eigenvalue weighted by Gasteiger charge is -1.98. The highest BCUT2D eigenvalue weighted by molar-refractivity contribution is 5.81. The molecule has 0 unspecified atom stereocenters. The Morgan fingerprint density at radius 3 is 3.00 bits per heavy atom. The first-order chi connectivity index (χ1) is 6.85. The van der Waals surface area contributed by atoms with E-state index in [-0.39, 0.29) is 0 Å². The zero-order valence-corrected chi connectivity index (χ0v) is 8.40. The maximum absolute atomic E-state index is 5.56. The van der Waals surface area contributed by atoms with Crippen molar-refractivity contribution in [3.05, 3.63) is 30.0 Å². The summed E-state index contributed by atoms with van der Waals surface area (Å²) in [5.41, 5.74) is 7.90. The third-order valence-corrected chi connectivity index (χ3v) is 2.41. The van der Waals surface area contributed by atoms with Gasteiger partial charge in [-0.25, -0.2) is 0 Å². The average molecular weight is 189 g/mol. The van der Waals surface area contributed by atoms with E-state index in [0.717, 1.165) is 18.5 Å². The van der Waals surface area contributed by atoms with Gasteiger partial charge in [-0.15, -0.1) is 0 Å². The third-order valence-electron chi connectivity index (χ3n) is 2.41. The van der Waals surface area contributed by atoms with E-state index in [9.17, 15) is 0 Å². The van der Waals surface area contributed by atoms with Gasteiger partial charge in [0.1, 0.15) is 0 Å². The molecule has 0 atom stereocenters. The van der Waals surface area contributed by atoms with Gasteiger partial charge in [-0.2, -0.15) is 5.10 Å². The summed E-state index contributed by atoms with van der Waals surface area (Å²) in [5, 5.41) is 5.72. The monoisotopic (exact) mass is 189 g/mol. The topological polar surface area (TPSA) is 43.8 Å². The molecular weight excluding hydrogens is 174 g/mol.